The lowest BCUT2D eigenvalue weighted by atomic mass is 10.2. The molecule has 0 radical (unpaired) electrons. The highest BCUT2D eigenvalue weighted by atomic mass is 16.2. The van der Waals surface area contributed by atoms with Crippen LogP contribution in [0.1, 0.15) is 5.56 Å². The van der Waals surface area contributed by atoms with Crippen LogP contribution >= 0.6 is 0 Å². The van der Waals surface area contributed by atoms with Crippen molar-refractivity contribution in [3.05, 3.63) is 48.3 Å². The Morgan fingerprint density at radius 1 is 1.26 bits per heavy atom. The summed E-state index contributed by atoms with van der Waals surface area (Å²) in [5.41, 5.74) is 2.23. The second-order valence-corrected chi connectivity index (χ2v) is 5.92. The quantitative estimate of drug-likeness (QED) is 0.884. The third kappa shape index (κ3) is 4.18. The fourth-order valence-corrected chi connectivity index (χ4v) is 2.79. The molecule has 1 aromatic heterocycles. The van der Waals surface area contributed by atoms with Crippen molar-refractivity contribution in [2.75, 3.05) is 39.8 Å². The van der Waals surface area contributed by atoms with E-state index in [0.717, 1.165) is 38.4 Å². The lowest BCUT2D eigenvalue weighted by Gasteiger charge is -2.29. The Bertz CT molecular complexity index is 617. The summed E-state index contributed by atoms with van der Waals surface area (Å²) >= 11 is 0. The van der Waals surface area contributed by atoms with E-state index in [1.807, 2.05) is 41.0 Å². The van der Waals surface area contributed by atoms with E-state index >= 15 is 0 Å². The molecule has 0 atom stereocenters. The van der Waals surface area contributed by atoms with Crippen LogP contribution in [-0.2, 0) is 11.3 Å². The molecule has 1 fully saturated rings. The van der Waals surface area contributed by atoms with Gasteiger partial charge in [0.1, 0.15) is 0 Å². The van der Waals surface area contributed by atoms with Gasteiger partial charge in [-0.05, 0) is 30.8 Å². The average molecular weight is 313 g/mol. The van der Waals surface area contributed by atoms with Crippen LogP contribution in [0.2, 0.25) is 0 Å². The first-order chi connectivity index (χ1) is 11.2. The smallest absolute Gasteiger partial charge is 0.236 e. The third-order valence-corrected chi connectivity index (χ3v) is 4.03. The minimum atomic E-state index is 0.210. The lowest BCUT2D eigenvalue weighted by Crippen LogP contribution is -2.49. The van der Waals surface area contributed by atoms with E-state index in [9.17, 15) is 4.79 Å². The summed E-state index contributed by atoms with van der Waals surface area (Å²) < 4.78 is 1.83. The Labute approximate surface area is 136 Å². The van der Waals surface area contributed by atoms with Crippen molar-refractivity contribution in [2.45, 2.75) is 6.54 Å². The maximum atomic E-state index is 12.3. The molecule has 0 spiro atoms. The van der Waals surface area contributed by atoms with Crippen LogP contribution in [0.3, 0.4) is 0 Å². The molecule has 1 aliphatic rings. The fraction of sp³-hybridized carbons (Fsp3) is 0.412. The molecule has 122 valence electrons. The zero-order valence-electron chi connectivity index (χ0n) is 13.5. The largest absolute Gasteiger partial charge is 0.339 e. The van der Waals surface area contributed by atoms with Crippen LogP contribution in [0, 0.1) is 0 Å². The number of rotatable bonds is 5. The zero-order chi connectivity index (χ0) is 16.1. The molecule has 0 aliphatic carbocycles. The molecule has 0 unspecified atom stereocenters. The Morgan fingerprint density at radius 2 is 2.00 bits per heavy atom. The molecular weight excluding hydrogens is 290 g/mol. The van der Waals surface area contributed by atoms with Gasteiger partial charge in [0, 0.05) is 45.1 Å². The zero-order valence-corrected chi connectivity index (χ0v) is 13.5. The van der Waals surface area contributed by atoms with Crippen molar-refractivity contribution < 1.29 is 4.79 Å². The average Bonchev–Trinajstić information content (AvgIpc) is 3.11. The minimum absolute atomic E-state index is 0.210. The number of hydrogen-bond donors (Lipinski definition) is 1. The molecule has 0 bridgehead atoms. The number of nitrogens with one attached hydrogen (secondary N) is 1. The molecule has 2 aromatic rings. The number of likely N-dealkylation sites (N-methyl/N-ethyl adjacent to an activating group) is 1. The highest BCUT2D eigenvalue weighted by Gasteiger charge is 2.17. The van der Waals surface area contributed by atoms with E-state index in [0.29, 0.717) is 6.54 Å². The number of hydrogen-bond acceptors (Lipinski definition) is 4. The lowest BCUT2D eigenvalue weighted by molar-refractivity contribution is -0.132. The Kier molecular flexibility index (Phi) is 5.05. The van der Waals surface area contributed by atoms with E-state index < -0.39 is 0 Å². The van der Waals surface area contributed by atoms with Gasteiger partial charge >= 0.3 is 0 Å². The Hall–Kier alpha value is -2.18. The Balaban J connectivity index is 1.53. The monoisotopic (exact) mass is 313 g/mol. The van der Waals surface area contributed by atoms with E-state index in [4.69, 9.17) is 0 Å². The van der Waals surface area contributed by atoms with Crippen molar-refractivity contribution in [3.8, 4) is 5.69 Å². The van der Waals surface area contributed by atoms with Gasteiger partial charge in [-0.1, -0.05) is 12.1 Å². The second-order valence-electron chi connectivity index (χ2n) is 5.92. The van der Waals surface area contributed by atoms with Gasteiger partial charge in [-0.3, -0.25) is 9.69 Å². The van der Waals surface area contributed by atoms with Gasteiger partial charge in [0.2, 0.25) is 5.91 Å². The first kappa shape index (κ1) is 15.7. The Morgan fingerprint density at radius 3 is 2.65 bits per heavy atom. The predicted molar refractivity (Wildman–Crippen MR) is 89.3 cm³/mol. The van der Waals surface area contributed by atoms with Crippen molar-refractivity contribution in [1.29, 1.82) is 0 Å². The van der Waals surface area contributed by atoms with Crippen LogP contribution in [0.4, 0.5) is 0 Å². The normalized spacial score (nSPS) is 15.1. The molecule has 1 amide bonds. The first-order valence-corrected chi connectivity index (χ1v) is 7.98. The third-order valence-electron chi connectivity index (χ3n) is 4.03. The van der Waals surface area contributed by atoms with Crippen molar-refractivity contribution in [3.63, 3.8) is 0 Å². The molecule has 1 aliphatic heterocycles. The van der Waals surface area contributed by atoms with E-state index in [2.05, 4.69) is 27.4 Å². The molecule has 6 nitrogen and oxygen atoms in total. The molecule has 6 heteroatoms. The van der Waals surface area contributed by atoms with Gasteiger partial charge in [-0.25, -0.2) is 4.68 Å². The van der Waals surface area contributed by atoms with Crippen molar-refractivity contribution >= 4 is 5.91 Å². The molecule has 0 saturated carbocycles. The number of carbonyl (C=O) groups is 1. The summed E-state index contributed by atoms with van der Waals surface area (Å²) in [6.45, 7) is 4.63. The maximum Gasteiger partial charge on any atom is 0.236 e. The fourth-order valence-electron chi connectivity index (χ4n) is 2.79. The van der Waals surface area contributed by atoms with Crippen LogP contribution in [0.5, 0.6) is 0 Å². The van der Waals surface area contributed by atoms with E-state index in [1.165, 1.54) is 5.56 Å². The maximum absolute atomic E-state index is 12.3. The standard InChI is InChI=1S/C17H23N5O/c1-20(14-17(23)21-11-8-18-9-12-21)13-15-3-5-16(6-4-15)22-10-2-7-19-22/h2-7,10,18H,8-9,11-14H2,1H3. The molecular formula is C17H23N5O. The summed E-state index contributed by atoms with van der Waals surface area (Å²) in [5.74, 6) is 0.210. The molecule has 2 heterocycles. The SMILES string of the molecule is CN(CC(=O)N1CCNCC1)Cc1ccc(-n2cccn2)cc1. The van der Waals surface area contributed by atoms with Crippen LogP contribution in [0.25, 0.3) is 5.69 Å². The van der Waals surface area contributed by atoms with Crippen LogP contribution in [-0.4, -0.2) is 65.3 Å². The summed E-state index contributed by atoms with van der Waals surface area (Å²) in [5, 5.41) is 7.48. The molecule has 3 rings (SSSR count). The predicted octanol–water partition coefficient (Wildman–Crippen LogP) is 0.736. The van der Waals surface area contributed by atoms with Gasteiger partial charge in [0.25, 0.3) is 0 Å². The van der Waals surface area contributed by atoms with Gasteiger partial charge in [-0.2, -0.15) is 5.10 Å². The second kappa shape index (κ2) is 7.39. The van der Waals surface area contributed by atoms with Gasteiger partial charge in [0.05, 0.1) is 12.2 Å². The summed E-state index contributed by atoms with van der Waals surface area (Å²) in [6, 6.07) is 10.2. The van der Waals surface area contributed by atoms with Gasteiger partial charge in [0.15, 0.2) is 0 Å². The molecule has 1 saturated heterocycles. The first-order valence-electron chi connectivity index (χ1n) is 7.98. The number of piperazine rings is 1. The van der Waals surface area contributed by atoms with Gasteiger partial charge in [-0.15, -0.1) is 0 Å². The number of aromatic nitrogens is 2. The molecule has 23 heavy (non-hydrogen) atoms. The highest BCUT2D eigenvalue weighted by Crippen LogP contribution is 2.10. The van der Waals surface area contributed by atoms with Crippen molar-refractivity contribution in [2.24, 2.45) is 0 Å². The molecule has 1 N–H and O–H groups in total. The van der Waals surface area contributed by atoms with Crippen molar-refractivity contribution in [1.82, 2.24) is 24.9 Å². The van der Waals surface area contributed by atoms with Crippen LogP contribution in [0.15, 0.2) is 42.7 Å². The minimum Gasteiger partial charge on any atom is -0.339 e. The number of carbonyl (C=O) groups excluding carboxylic acids is 1. The number of benzene rings is 1. The number of amides is 1. The topological polar surface area (TPSA) is 53.4 Å². The molecule has 1 aromatic carbocycles. The summed E-state index contributed by atoms with van der Waals surface area (Å²) in [4.78, 5) is 16.3. The van der Waals surface area contributed by atoms with Gasteiger partial charge < -0.3 is 10.2 Å². The van der Waals surface area contributed by atoms with E-state index in [-0.39, 0.29) is 5.91 Å². The van der Waals surface area contributed by atoms with E-state index in [1.54, 1.807) is 6.20 Å². The number of nitrogens with zero attached hydrogens (tertiary/aromatic N) is 4. The van der Waals surface area contributed by atoms with Crippen LogP contribution < -0.4 is 5.32 Å². The highest BCUT2D eigenvalue weighted by molar-refractivity contribution is 5.78. The summed E-state index contributed by atoms with van der Waals surface area (Å²) in [6.07, 6.45) is 3.69. The summed E-state index contributed by atoms with van der Waals surface area (Å²) in [7, 11) is 1.99.